The summed E-state index contributed by atoms with van der Waals surface area (Å²) < 4.78 is 0. The average molecular weight is 287 g/mol. The minimum absolute atomic E-state index is 0.411. The van der Waals surface area contributed by atoms with Crippen molar-refractivity contribution in [1.29, 1.82) is 0 Å². The highest BCUT2D eigenvalue weighted by Crippen LogP contribution is 2.37. The summed E-state index contributed by atoms with van der Waals surface area (Å²) in [7, 11) is 0. The molecule has 0 fully saturated rings. The molecular formula is C16H21N3S. The number of rotatable bonds is 4. The number of nitrogens with zero attached hydrogens (tertiary/aromatic N) is 1. The van der Waals surface area contributed by atoms with Crippen molar-refractivity contribution in [2.24, 2.45) is 0 Å². The fraction of sp³-hybridized carbons (Fsp3) is 0.438. The van der Waals surface area contributed by atoms with Crippen molar-refractivity contribution in [2.75, 3.05) is 6.54 Å². The van der Waals surface area contributed by atoms with Gasteiger partial charge in [0, 0.05) is 23.7 Å². The molecule has 20 heavy (non-hydrogen) atoms. The maximum atomic E-state index is 4.37. The Morgan fingerprint density at radius 1 is 1.40 bits per heavy atom. The van der Waals surface area contributed by atoms with Crippen molar-refractivity contribution in [1.82, 2.24) is 15.3 Å². The van der Waals surface area contributed by atoms with Crippen LogP contribution in [-0.4, -0.2) is 21.8 Å². The molecule has 1 aliphatic carbocycles. The number of fused-ring (bicyclic) bond motifs is 1. The van der Waals surface area contributed by atoms with Gasteiger partial charge in [0.25, 0.3) is 0 Å². The number of aromatic amines is 1. The topological polar surface area (TPSA) is 40.7 Å². The van der Waals surface area contributed by atoms with Crippen molar-refractivity contribution in [3.05, 3.63) is 47.8 Å². The molecule has 2 unspecified atom stereocenters. The Labute approximate surface area is 124 Å². The maximum absolute atomic E-state index is 4.37. The lowest BCUT2D eigenvalue weighted by Gasteiger charge is -2.26. The number of hydrogen-bond donors (Lipinski definition) is 2. The predicted molar refractivity (Wildman–Crippen MR) is 84.0 cm³/mol. The van der Waals surface area contributed by atoms with Crippen LogP contribution in [0.1, 0.15) is 36.9 Å². The molecule has 0 spiro atoms. The molecule has 0 amide bonds. The van der Waals surface area contributed by atoms with Gasteiger partial charge in [-0.05, 0) is 36.9 Å². The quantitative estimate of drug-likeness (QED) is 0.845. The second-order valence-electron chi connectivity index (χ2n) is 5.18. The molecule has 3 rings (SSSR count). The minimum Gasteiger partial charge on any atom is -0.340 e. The summed E-state index contributed by atoms with van der Waals surface area (Å²) in [5, 5.41) is 5.24. The Hall–Kier alpha value is -1.26. The van der Waals surface area contributed by atoms with Gasteiger partial charge in [-0.1, -0.05) is 43.0 Å². The van der Waals surface area contributed by atoms with E-state index in [0.717, 1.165) is 11.7 Å². The number of imidazole rings is 1. The van der Waals surface area contributed by atoms with Gasteiger partial charge in [0.15, 0.2) is 5.16 Å². The first-order valence-corrected chi connectivity index (χ1v) is 8.23. The van der Waals surface area contributed by atoms with Crippen molar-refractivity contribution in [2.45, 2.75) is 42.6 Å². The first-order chi connectivity index (χ1) is 9.88. The van der Waals surface area contributed by atoms with Crippen LogP contribution in [0.5, 0.6) is 0 Å². The van der Waals surface area contributed by atoms with Gasteiger partial charge < -0.3 is 10.3 Å². The summed E-state index contributed by atoms with van der Waals surface area (Å²) in [5.41, 5.74) is 2.97. The van der Waals surface area contributed by atoms with Gasteiger partial charge >= 0.3 is 0 Å². The number of aromatic nitrogens is 2. The van der Waals surface area contributed by atoms with E-state index in [1.165, 1.54) is 30.4 Å². The van der Waals surface area contributed by atoms with E-state index in [1.54, 1.807) is 0 Å². The molecule has 0 bridgehead atoms. The van der Waals surface area contributed by atoms with Crippen LogP contribution in [0, 0.1) is 0 Å². The maximum Gasteiger partial charge on any atom is 0.165 e. The average Bonchev–Trinajstić information content (AvgIpc) is 2.91. The highest BCUT2D eigenvalue weighted by molar-refractivity contribution is 7.99. The molecule has 1 heterocycles. The van der Waals surface area contributed by atoms with Crippen molar-refractivity contribution in [3.63, 3.8) is 0 Å². The number of H-pyrrole nitrogens is 1. The smallest absolute Gasteiger partial charge is 0.165 e. The van der Waals surface area contributed by atoms with Gasteiger partial charge in [0.1, 0.15) is 0 Å². The number of thioether (sulfide) groups is 1. The highest BCUT2D eigenvalue weighted by atomic mass is 32.2. The van der Waals surface area contributed by atoms with E-state index in [-0.39, 0.29) is 0 Å². The molecule has 1 aliphatic rings. The molecule has 4 heteroatoms. The van der Waals surface area contributed by atoms with Gasteiger partial charge in [-0.15, -0.1) is 0 Å². The van der Waals surface area contributed by atoms with Crippen LogP contribution in [0.3, 0.4) is 0 Å². The third-order valence-corrected chi connectivity index (χ3v) is 5.11. The SMILES string of the molecule is CCNC1c2ccccc2CCCC1Sc1ncc[nH]1. The Kier molecular flexibility index (Phi) is 4.43. The fourth-order valence-corrected chi connectivity index (χ4v) is 4.18. The van der Waals surface area contributed by atoms with E-state index < -0.39 is 0 Å². The molecule has 106 valence electrons. The van der Waals surface area contributed by atoms with Crippen molar-refractivity contribution >= 4 is 11.8 Å². The molecule has 1 aromatic heterocycles. The molecule has 3 nitrogen and oxygen atoms in total. The van der Waals surface area contributed by atoms with E-state index in [2.05, 4.69) is 46.5 Å². The molecule has 1 aromatic carbocycles. The van der Waals surface area contributed by atoms with Crippen molar-refractivity contribution < 1.29 is 0 Å². The zero-order valence-electron chi connectivity index (χ0n) is 11.8. The van der Waals surface area contributed by atoms with Gasteiger partial charge in [-0.2, -0.15) is 0 Å². The number of aryl methyl sites for hydroxylation is 1. The van der Waals surface area contributed by atoms with Crippen LogP contribution in [0.15, 0.2) is 41.8 Å². The second-order valence-corrected chi connectivity index (χ2v) is 6.40. The normalized spacial score (nSPS) is 22.2. The van der Waals surface area contributed by atoms with Gasteiger partial charge in [0.05, 0.1) is 0 Å². The summed E-state index contributed by atoms with van der Waals surface area (Å²) in [6, 6.07) is 9.28. The van der Waals surface area contributed by atoms with E-state index in [0.29, 0.717) is 11.3 Å². The Bertz CT molecular complexity index is 538. The number of benzene rings is 1. The van der Waals surface area contributed by atoms with Gasteiger partial charge in [0.2, 0.25) is 0 Å². The molecule has 2 N–H and O–H groups in total. The van der Waals surface area contributed by atoms with Crippen LogP contribution in [0.4, 0.5) is 0 Å². The predicted octanol–water partition coefficient (Wildman–Crippen LogP) is 3.56. The number of hydrogen-bond acceptors (Lipinski definition) is 3. The van der Waals surface area contributed by atoms with Crippen LogP contribution in [0.25, 0.3) is 0 Å². The fourth-order valence-electron chi connectivity index (χ4n) is 2.97. The summed E-state index contributed by atoms with van der Waals surface area (Å²) in [4.78, 5) is 7.59. The Morgan fingerprint density at radius 3 is 3.10 bits per heavy atom. The van der Waals surface area contributed by atoms with E-state index >= 15 is 0 Å². The molecule has 2 aromatic rings. The van der Waals surface area contributed by atoms with Gasteiger partial charge in [-0.25, -0.2) is 4.98 Å². The highest BCUT2D eigenvalue weighted by Gasteiger charge is 2.28. The van der Waals surface area contributed by atoms with Crippen LogP contribution >= 0.6 is 11.8 Å². The van der Waals surface area contributed by atoms with E-state index in [9.17, 15) is 0 Å². The standard InChI is InChI=1S/C16H21N3S/c1-2-17-15-13-8-4-3-6-12(13)7-5-9-14(15)20-16-18-10-11-19-16/h3-4,6,8,10-11,14-15,17H,2,5,7,9H2,1H3,(H,18,19). The molecule has 2 atom stereocenters. The lowest BCUT2D eigenvalue weighted by molar-refractivity contribution is 0.516. The lowest BCUT2D eigenvalue weighted by atomic mass is 9.99. The summed E-state index contributed by atoms with van der Waals surface area (Å²) in [6.45, 7) is 3.18. The second kappa shape index (κ2) is 6.46. The van der Waals surface area contributed by atoms with Crippen LogP contribution in [-0.2, 0) is 6.42 Å². The van der Waals surface area contributed by atoms with Gasteiger partial charge in [-0.3, -0.25) is 0 Å². The zero-order chi connectivity index (χ0) is 13.8. The van der Waals surface area contributed by atoms with Crippen molar-refractivity contribution in [3.8, 4) is 0 Å². The molecular weight excluding hydrogens is 266 g/mol. The zero-order valence-corrected chi connectivity index (χ0v) is 12.6. The first kappa shape index (κ1) is 13.7. The van der Waals surface area contributed by atoms with E-state index in [4.69, 9.17) is 0 Å². The molecule has 0 aliphatic heterocycles. The Morgan fingerprint density at radius 2 is 2.30 bits per heavy atom. The van der Waals surface area contributed by atoms with Crippen LogP contribution in [0.2, 0.25) is 0 Å². The minimum atomic E-state index is 0.411. The largest absolute Gasteiger partial charge is 0.340 e. The molecule has 0 saturated carbocycles. The van der Waals surface area contributed by atoms with E-state index in [1.807, 2.05) is 24.2 Å². The Balaban J connectivity index is 1.89. The molecule has 0 radical (unpaired) electrons. The number of nitrogens with one attached hydrogen (secondary N) is 2. The summed E-state index contributed by atoms with van der Waals surface area (Å²) >= 11 is 1.87. The third-order valence-electron chi connectivity index (χ3n) is 3.86. The monoisotopic (exact) mass is 287 g/mol. The third kappa shape index (κ3) is 2.91. The summed E-state index contributed by atoms with van der Waals surface area (Å²) in [5.74, 6) is 0. The first-order valence-electron chi connectivity index (χ1n) is 7.35. The van der Waals surface area contributed by atoms with Crippen LogP contribution < -0.4 is 5.32 Å². The molecule has 0 saturated heterocycles. The summed E-state index contributed by atoms with van der Waals surface area (Å²) in [6.07, 6.45) is 7.38. The lowest BCUT2D eigenvalue weighted by Crippen LogP contribution is -2.30.